The second kappa shape index (κ2) is 10.2. The van der Waals surface area contributed by atoms with Gasteiger partial charge in [0.25, 0.3) is 5.91 Å². The van der Waals surface area contributed by atoms with Crippen molar-refractivity contribution in [2.24, 2.45) is 5.73 Å². The summed E-state index contributed by atoms with van der Waals surface area (Å²) in [5, 5.41) is 4.15. The maximum atomic E-state index is 13.9. The van der Waals surface area contributed by atoms with E-state index in [0.29, 0.717) is 11.3 Å². The molecule has 5 rings (SSSR count). The van der Waals surface area contributed by atoms with Crippen molar-refractivity contribution in [1.82, 2.24) is 19.7 Å². The van der Waals surface area contributed by atoms with Crippen LogP contribution in [0.5, 0.6) is 0 Å². The molecule has 0 atom stereocenters. The SMILES string of the molecule is NC(=O)c1cccc(C(=O)N(c2ccccc2)c2ccc(-n3nc(-c4cccnc4)cc3C(F)(F)F)cn2)c1. The standard InChI is InChI=1S/C28H19F3N6O2/c29-28(30,31)24-15-23(20-8-5-13-33-16-20)35-37(24)22-11-12-25(34-17-22)36(21-9-2-1-3-10-21)27(39)19-7-4-6-18(14-19)26(32)38/h1-17H,(H2,32,38). The van der Waals surface area contributed by atoms with E-state index in [1.54, 1.807) is 42.5 Å². The van der Waals surface area contributed by atoms with Crippen molar-refractivity contribution in [3.63, 3.8) is 0 Å². The molecule has 0 bridgehead atoms. The molecule has 0 fully saturated rings. The van der Waals surface area contributed by atoms with Crippen LogP contribution in [0.4, 0.5) is 24.7 Å². The summed E-state index contributed by atoms with van der Waals surface area (Å²) in [6, 6.07) is 21.5. The Balaban J connectivity index is 1.56. The Morgan fingerprint density at radius 3 is 2.26 bits per heavy atom. The molecule has 11 heteroatoms. The molecular formula is C28H19F3N6O2. The quantitative estimate of drug-likeness (QED) is 0.317. The van der Waals surface area contributed by atoms with Gasteiger partial charge in [0.15, 0.2) is 0 Å². The number of carbonyl (C=O) groups is 2. The van der Waals surface area contributed by atoms with Gasteiger partial charge in [-0.3, -0.25) is 19.5 Å². The van der Waals surface area contributed by atoms with Crippen LogP contribution in [-0.2, 0) is 6.18 Å². The summed E-state index contributed by atoms with van der Waals surface area (Å²) in [5.41, 5.74) is 5.72. The monoisotopic (exact) mass is 528 g/mol. The summed E-state index contributed by atoms with van der Waals surface area (Å²) in [6.07, 6.45) is -0.556. The number of amides is 2. The van der Waals surface area contributed by atoms with E-state index in [1.165, 1.54) is 59.9 Å². The highest BCUT2D eigenvalue weighted by Gasteiger charge is 2.36. The Kier molecular flexibility index (Phi) is 6.63. The van der Waals surface area contributed by atoms with Gasteiger partial charge in [0, 0.05) is 29.1 Å². The molecule has 194 valence electrons. The molecule has 0 aliphatic heterocycles. The molecule has 39 heavy (non-hydrogen) atoms. The number of halogens is 3. The van der Waals surface area contributed by atoms with Gasteiger partial charge >= 0.3 is 6.18 Å². The molecule has 0 saturated heterocycles. The van der Waals surface area contributed by atoms with E-state index in [2.05, 4.69) is 15.1 Å². The highest BCUT2D eigenvalue weighted by molar-refractivity contribution is 6.11. The number of nitrogens with zero attached hydrogens (tertiary/aromatic N) is 5. The average Bonchev–Trinajstić information content (AvgIpc) is 3.41. The number of aromatic nitrogens is 4. The number of carbonyl (C=O) groups excluding carboxylic acids is 2. The lowest BCUT2D eigenvalue weighted by atomic mass is 10.1. The molecule has 2 N–H and O–H groups in total. The molecule has 8 nitrogen and oxygen atoms in total. The van der Waals surface area contributed by atoms with Gasteiger partial charge in [0.1, 0.15) is 11.5 Å². The number of hydrogen-bond donors (Lipinski definition) is 1. The zero-order chi connectivity index (χ0) is 27.6. The van der Waals surface area contributed by atoms with Crippen LogP contribution in [0.25, 0.3) is 16.9 Å². The molecule has 3 aromatic heterocycles. The number of anilines is 2. The topological polar surface area (TPSA) is 107 Å². The van der Waals surface area contributed by atoms with Gasteiger partial charge in [-0.2, -0.15) is 18.3 Å². The molecule has 0 spiro atoms. The van der Waals surface area contributed by atoms with E-state index < -0.39 is 23.7 Å². The molecule has 0 saturated carbocycles. The first-order valence-electron chi connectivity index (χ1n) is 11.6. The molecule has 0 unspecified atom stereocenters. The third-order valence-electron chi connectivity index (χ3n) is 5.77. The number of benzene rings is 2. The van der Waals surface area contributed by atoms with E-state index >= 15 is 0 Å². The Hall–Kier alpha value is -5.32. The maximum Gasteiger partial charge on any atom is 0.433 e. The number of para-hydroxylation sites is 1. The lowest BCUT2D eigenvalue weighted by Crippen LogP contribution is -2.27. The van der Waals surface area contributed by atoms with Gasteiger partial charge in [-0.1, -0.05) is 24.3 Å². The van der Waals surface area contributed by atoms with E-state index in [4.69, 9.17) is 5.73 Å². The van der Waals surface area contributed by atoms with Crippen molar-refractivity contribution < 1.29 is 22.8 Å². The van der Waals surface area contributed by atoms with Crippen LogP contribution in [0.3, 0.4) is 0 Å². The zero-order valence-electron chi connectivity index (χ0n) is 20.1. The summed E-state index contributed by atoms with van der Waals surface area (Å²) < 4.78 is 42.4. The number of alkyl halides is 3. The maximum absolute atomic E-state index is 13.9. The van der Waals surface area contributed by atoms with Gasteiger partial charge in [-0.15, -0.1) is 0 Å². The summed E-state index contributed by atoms with van der Waals surface area (Å²) >= 11 is 0. The molecule has 0 aliphatic carbocycles. The van der Waals surface area contributed by atoms with Crippen molar-refractivity contribution in [2.45, 2.75) is 6.18 Å². The second-order valence-electron chi connectivity index (χ2n) is 8.36. The summed E-state index contributed by atoms with van der Waals surface area (Å²) in [7, 11) is 0. The van der Waals surface area contributed by atoms with Crippen molar-refractivity contribution in [3.05, 3.63) is 120 Å². The number of pyridine rings is 2. The Morgan fingerprint density at radius 1 is 0.846 bits per heavy atom. The Bertz CT molecular complexity index is 1640. The minimum Gasteiger partial charge on any atom is -0.366 e. The van der Waals surface area contributed by atoms with E-state index in [1.807, 2.05) is 0 Å². The summed E-state index contributed by atoms with van der Waals surface area (Å²) in [6.45, 7) is 0. The van der Waals surface area contributed by atoms with Gasteiger partial charge in [-0.25, -0.2) is 9.67 Å². The van der Waals surface area contributed by atoms with Crippen LogP contribution in [0, 0.1) is 0 Å². The van der Waals surface area contributed by atoms with Gasteiger partial charge in [0.05, 0.1) is 23.3 Å². The van der Waals surface area contributed by atoms with Crippen LogP contribution in [0.15, 0.2) is 104 Å². The van der Waals surface area contributed by atoms with Crippen molar-refractivity contribution in [1.29, 1.82) is 0 Å². The molecule has 5 aromatic rings. The van der Waals surface area contributed by atoms with Crippen molar-refractivity contribution in [2.75, 3.05) is 4.90 Å². The predicted octanol–water partition coefficient (Wildman–Crippen LogP) is 5.43. The van der Waals surface area contributed by atoms with Gasteiger partial charge in [0.2, 0.25) is 5.91 Å². The van der Waals surface area contributed by atoms with E-state index in [0.717, 1.165) is 10.7 Å². The van der Waals surface area contributed by atoms with Crippen LogP contribution >= 0.6 is 0 Å². The number of rotatable bonds is 6. The normalized spacial score (nSPS) is 11.3. The second-order valence-corrected chi connectivity index (χ2v) is 8.36. The first kappa shape index (κ1) is 25.3. The van der Waals surface area contributed by atoms with E-state index in [9.17, 15) is 22.8 Å². The third kappa shape index (κ3) is 5.23. The molecular weight excluding hydrogens is 509 g/mol. The number of primary amides is 1. The molecule has 2 amide bonds. The molecule has 3 heterocycles. The molecule has 2 aromatic carbocycles. The summed E-state index contributed by atoms with van der Waals surface area (Å²) in [5.74, 6) is -1.06. The Labute approximate surface area is 220 Å². The lowest BCUT2D eigenvalue weighted by Gasteiger charge is -2.22. The van der Waals surface area contributed by atoms with Crippen LogP contribution in [-0.4, -0.2) is 31.6 Å². The minimum absolute atomic E-state index is 0.0393. The van der Waals surface area contributed by atoms with Gasteiger partial charge < -0.3 is 5.73 Å². The summed E-state index contributed by atoms with van der Waals surface area (Å²) in [4.78, 5) is 34.8. The van der Waals surface area contributed by atoms with Crippen molar-refractivity contribution >= 4 is 23.3 Å². The fraction of sp³-hybridized carbons (Fsp3) is 0.0357. The van der Waals surface area contributed by atoms with E-state index in [-0.39, 0.29) is 28.3 Å². The Morgan fingerprint density at radius 2 is 1.62 bits per heavy atom. The fourth-order valence-electron chi connectivity index (χ4n) is 3.94. The van der Waals surface area contributed by atoms with Crippen LogP contribution in [0.1, 0.15) is 26.4 Å². The first-order valence-corrected chi connectivity index (χ1v) is 11.6. The number of nitrogens with two attached hydrogens (primary N) is 1. The smallest absolute Gasteiger partial charge is 0.366 e. The third-order valence-corrected chi connectivity index (χ3v) is 5.77. The highest BCUT2D eigenvalue weighted by atomic mass is 19.4. The first-order chi connectivity index (χ1) is 18.7. The largest absolute Gasteiger partial charge is 0.433 e. The van der Waals surface area contributed by atoms with Crippen LogP contribution in [0.2, 0.25) is 0 Å². The fourth-order valence-corrected chi connectivity index (χ4v) is 3.94. The average molecular weight is 528 g/mol. The number of hydrogen-bond acceptors (Lipinski definition) is 5. The van der Waals surface area contributed by atoms with Crippen LogP contribution < -0.4 is 10.6 Å². The highest BCUT2D eigenvalue weighted by Crippen LogP contribution is 2.34. The minimum atomic E-state index is -4.69. The molecule has 0 aliphatic rings. The predicted molar refractivity (Wildman–Crippen MR) is 137 cm³/mol. The van der Waals surface area contributed by atoms with Gasteiger partial charge in [-0.05, 0) is 60.7 Å². The lowest BCUT2D eigenvalue weighted by molar-refractivity contribution is -0.142. The zero-order valence-corrected chi connectivity index (χ0v) is 20.1. The van der Waals surface area contributed by atoms with Crippen molar-refractivity contribution in [3.8, 4) is 16.9 Å². The molecule has 0 radical (unpaired) electrons.